The van der Waals surface area contributed by atoms with Gasteiger partial charge in [-0.05, 0) is 68.3 Å². The van der Waals surface area contributed by atoms with Crippen LogP contribution in [0.4, 0.5) is 5.69 Å². The molecule has 1 N–H and O–H groups in total. The topological polar surface area (TPSA) is 84.3 Å². The second-order valence-electron chi connectivity index (χ2n) is 8.63. The smallest absolute Gasteiger partial charge is 0.243 e. The molecule has 1 aliphatic rings. The summed E-state index contributed by atoms with van der Waals surface area (Å²) in [6, 6.07) is 22.4. The van der Waals surface area contributed by atoms with E-state index in [1.54, 1.807) is 30.6 Å². The fourth-order valence-electron chi connectivity index (χ4n) is 4.33. The van der Waals surface area contributed by atoms with Crippen molar-refractivity contribution in [2.45, 2.75) is 24.7 Å². The van der Waals surface area contributed by atoms with Crippen molar-refractivity contribution in [3.8, 4) is 5.69 Å². The van der Waals surface area contributed by atoms with Gasteiger partial charge in [-0.15, -0.1) is 0 Å². The van der Waals surface area contributed by atoms with Gasteiger partial charge >= 0.3 is 0 Å². The summed E-state index contributed by atoms with van der Waals surface area (Å²) in [6.07, 6.45) is 2.78. The van der Waals surface area contributed by atoms with E-state index >= 15 is 0 Å². The molecule has 5 rings (SSSR count). The number of benzene rings is 3. The van der Waals surface area contributed by atoms with Crippen LogP contribution in [0.1, 0.15) is 18.4 Å². The number of carbonyl (C=O) groups excluding carboxylic acids is 1. The maximum Gasteiger partial charge on any atom is 0.243 e. The first-order valence-electron chi connectivity index (χ1n) is 11.3. The van der Waals surface area contributed by atoms with Crippen molar-refractivity contribution in [3.05, 3.63) is 84.7 Å². The van der Waals surface area contributed by atoms with E-state index in [-0.39, 0.29) is 11.8 Å². The number of para-hydroxylation sites is 2. The Labute approximate surface area is 199 Å². The van der Waals surface area contributed by atoms with Crippen molar-refractivity contribution < 1.29 is 13.2 Å². The lowest BCUT2D eigenvalue weighted by molar-refractivity contribution is -0.120. The van der Waals surface area contributed by atoms with E-state index in [1.165, 1.54) is 4.31 Å². The Morgan fingerprint density at radius 1 is 0.941 bits per heavy atom. The lowest BCUT2D eigenvalue weighted by Crippen LogP contribution is -2.41. The van der Waals surface area contributed by atoms with Gasteiger partial charge in [-0.2, -0.15) is 4.31 Å². The number of aromatic nitrogens is 2. The molecular formula is C26H26N4O3S. The first-order valence-corrected chi connectivity index (χ1v) is 12.8. The van der Waals surface area contributed by atoms with Crippen LogP contribution in [0, 0.1) is 12.8 Å². The van der Waals surface area contributed by atoms with Gasteiger partial charge < -0.3 is 5.32 Å². The number of piperidine rings is 1. The standard InChI is InChI=1S/C26H26N4O3S/c1-19-6-12-23(13-7-19)34(32,33)29-16-14-20(15-17-29)26(31)28-21-8-10-22(11-9-21)30-18-27-24-4-2-3-5-25(24)30/h2-13,18,20H,14-17H2,1H3,(H,28,31). The number of hydrogen-bond donors (Lipinski definition) is 1. The molecule has 0 radical (unpaired) electrons. The molecule has 2 heterocycles. The summed E-state index contributed by atoms with van der Waals surface area (Å²) in [5.41, 5.74) is 4.64. The van der Waals surface area contributed by atoms with E-state index in [4.69, 9.17) is 0 Å². The molecule has 0 unspecified atom stereocenters. The molecule has 1 amide bonds. The number of rotatable bonds is 5. The number of fused-ring (bicyclic) bond motifs is 1. The molecule has 1 saturated heterocycles. The Bertz CT molecular complexity index is 1420. The van der Waals surface area contributed by atoms with Crippen LogP contribution < -0.4 is 5.32 Å². The number of sulfonamides is 1. The number of anilines is 1. The fourth-order valence-corrected chi connectivity index (χ4v) is 5.80. The molecule has 1 fully saturated rings. The molecule has 4 aromatic rings. The molecule has 8 heteroatoms. The predicted molar refractivity (Wildman–Crippen MR) is 132 cm³/mol. The molecule has 3 aromatic carbocycles. The lowest BCUT2D eigenvalue weighted by Gasteiger charge is -2.30. The van der Waals surface area contributed by atoms with E-state index in [0.717, 1.165) is 22.3 Å². The molecule has 34 heavy (non-hydrogen) atoms. The molecular weight excluding hydrogens is 448 g/mol. The Kier molecular flexibility index (Phi) is 5.93. The van der Waals surface area contributed by atoms with Crippen LogP contribution in [0.3, 0.4) is 0 Å². The van der Waals surface area contributed by atoms with Crippen molar-refractivity contribution in [1.29, 1.82) is 0 Å². The summed E-state index contributed by atoms with van der Waals surface area (Å²) in [5.74, 6) is -0.296. The van der Waals surface area contributed by atoms with E-state index in [2.05, 4.69) is 10.3 Å². The first-order chi connectivity index (χ1) is 16.4. The number of carbonyl (C=O) groups is 1. The van der Waals surface area contributed by atoms with Crippen LogP contribution in [-0.4, -0.2) is 41.3 Å². The first kappa shape index (κ1) is 22.3. The summed E-state index contributed by atoms with van der Waals surface area (Å²) in [4.78, 5) is 17.5. The zero-order chi connectivity index (χ0) is 23.7. The highest BCUT2D eigenvalue weighted by atomic mass is 32.2. The summed E-state index contributed by atoms with van der Waals surface area (Å²) in [6.45, 7) is 2.59. The minimum atomic E-state index is -3.53. The monoisotopic (exact) mass is 474 g/mol. The van der Waals surface area contributed by atoms with Gasteiger partial charge in [0.1, 0.15) is 6.33 Å². The van der Waals surface area contributed by atoms with Gasteiger partial charge in [-0.25, -0.2) is 13.4 Å². The molecule has 1 aliphatic heterocycles. The highest BCUT2D eigenvalue weighted by Crippen LogP contribution is 2.26. The Hall–Kier alpha value is -3.49. The summed E-state index contributed by atoms with van der Waals surface area (Å²) >= 11 is 0. The minimum Gasteiger partial charge on any atom is -0.326 e. The third kappa shape index (κ3) is 4.34. The summed E-state index contributed by atoms with van der Waals surface area (Å²) in [7, 11) is -3.53. The van der Waals surface area contributed by atoms with Crippen molar-refractivity contribution in [3.63, 3.8) is 0 Å². The van der Waals surface area contributed by atoms with Gasteiger partial charge in [-0.1, -0.05) is 29.8 Å². The third-order valence-electron chi connectivity index (χ3n) is 6.35. The summed E-state index contributed by atoms with van der Waals surface area (Å²) in [5, 5.41) is 2.98. The van der Waals surface area contributed by atoms with Crippen molar-refractivity contribution in [2.75, 3.05) is 18.4 Å². The molecule has 0 aliphatic carbocycles. The van der Waals surface area contributed by atoms with Crippen LogP contribution in [-0.2, 0) is 14.8 Å². The van der Waals surface area contributed by atoms with Gasteiger partial charge in [0.15, 0.2) is 0 Å². The normalized spacial score (nSPS) is 15.4. The largest absolute Gasteiger partial charge is 0.326 e. The highest BCUT2D eigenvalue weighted by Gasteiger charge is 2.32. The number of imidazole rings is 1. The van der Waals surface area contributed by atoms with Crippen molar-refractivity contribution in [2.24, 2.45) is 5.92 Å². The van der Waals surface area contributed by atoms with Crippen molar-refractivity contribution in [1.82, 2.24) is 13.9 Å². The second kappa shape index (κ2) is 9.04. The van der Waals surface area contributed by atoms with E-state index in [1.807, 2.05) is 60.0 Å². The Morgan fingerprint density at radius 3 is 2.32 bits per heavy atom. The summed E-state index contributed by atoms with van der Waals surface area (Å²) < 4.78 is 29.3. The average Bonchev–Trinajstić information content (AvgIpc) is 3.29. The Morgan fingerprint density at radius 2 is 1.62 bits per heavy atom. The van der Waals surface area contributed by atoms with Crippen LogP contribution in [0.2, 0.25) is 0 Å². The Balaban J connectivity index is 1.21. The van der Waals surface area contributed by atoms with Gasteiger partial charge in [0.2, 0.25) is 15.9 Å². The van der Waals surface area contributed by atoms with E-state index in [9.17, 15) is 13.2 Å². The SMILES string of the molecule is Cc1ccc(S(=O)(=O)N2CCC(C(=O)Nc3ccc(-n4cnc5ccccc54)cc3)CC2)cc1. The van der Waals surface area contributed by atoms with Gasteiger partial charge in [0.05, 0.1) is 15.9 Å². The minimum absolute atomic E-state index is 0.0757. The molecule has 0 saturated carbocycles. The van der Waals surface area contributed by atoms with Crippen LogP contribution in [0.25, 0.3) is 16.7 Å². The van der Waals surface area contributed by atoms with Crippen LogP contribution in [0.15, 0.2) is 84.0 Å². The van der Waals surface area contributed by atoms with Gasteiger partial charge in [0, 0.05) is 30.4 Å². The van der Waals surface area contributed by atoms with Crippen LogP contribution in [0.5, 0.6) is 0 Å². The number of amides is 1. The third-order valence-corrected chi connectivity index (χ3v) is 8.26. The highest BCUT2D eigenvalue weighted by molar-refractivity contribution is 7.89. The quantitative estimate of drug-likeness (QED) is 0.465. The number of hydrogen-bond acceptors (Lipinski definition) is 4. The van der Waals surface area contributed by atoms with Crippen LogP contribution >= 0.6 is 0 Å². The number of nitrogens with zero attached hydrogens (tertiary/aromatic N) is 3. The average molecular weight is 475 g/mol. The zero-order valence-electron chi connectivity index (χ0n) is 18.9. The van der Waals surface area contributed by atoms with E-state index < -0.39 is 10.0 Å². The molecule has 0 atom stereocenters. The van der Waals surface area contributed by atoms with Gasteiger partial charge in [-0.3, -0.25) is 9.36 Å². The molecule has 174 valence electrons. The molecule has 0 bridgehead atoms. The fraction of sp³-hybridized carbons (Fsp3) is 0.231. The molecule has 7 nitrogen and oxygen atoms in total. The maximum absolute atomic E-state index is 12.9. The maximum atomic E-state index is 12.9. The second-order valence-corrected chi connectivity index (χ2v) is 10.6. The number of nitrogens with one attached hydrogen (secondary N) is 1. The zero-order valence-corrected chi connectivity index (χ0v) is 19.7. The van der Waals surface area contributed by atoms with Gasteiger partial charge in [0.25, 0.3) is 0 Å². The lowest BCUT2D eigenvalue weighted by atomic mass is 9.97. The van der Waals surface area contributed by atoms with Crippen molar-refractivity contribution >= 4 is 32.7 Å². The molecule has 0 spiro atoms. The van der Waals surface area contributed by atoms with E-state index in [0.29, 0.717) is 36.5 Å². The predicted octanol–water partition coefficient (Wildman–Crippen LogP) is 4.37. The number of aryl methyl sites for hydroxylation is 1. The molecule has 1 aromatic heterocycles.